The molecule has 0 atom stereocenters. The van der Waals surface area contributed by atoms with Crippen LogP contribution in [0.25, 0.3) is 0 Å². The van der Waals surface area contributed by atoms with Crippen LogP contribution < -0.4 is 0 Å². The second kappa shape index (κ2) is 23.4. The van der Waals surface area contributed by atoms with Crippen LogP contribution in [0.4, 0.5) is 0 Å². The molecule has 6 saturated heterocycles. The Kier molecular flexibility index (Phi) is 18.9. The number of hydrogen-bond acceptors (Lipinski definition) is 24. The van der Waals surface area contributed by atoms with Gasteiger partial charge in [0, 0.05) is 105 Å². The first-order valence-electron chi connectivity index (χ1n) is 27.2. The van der Waals surface area contributed by atoms with Gasteiger partial charge in [-0.1, -0.05) is 45.6 Å². The molecule has 0 radical (unpaired) electrons. The van der Waals surface area contributed by atoms with Crippen molar-refractivity contribution in [3.05, 3.63) is 45.6 Å². The van der Waals surface area contributed by atoms with Gasteiger partial charge in [0.2, 0.25) is 0 Å². The largest absolute Gasteiger partial charge is 0.478 e. The second-order valence-corrected chi connectivity index (χ2v) is 76.7. The van der Waals surface area contributed by atoms with Gasteiger partial charge in [0.05, 0.1) is 0 Å². The zero-order chi connectivity index (χ0) is 57.9. The maximum absolute atomic E-state index is 13.1. The maximum Gasteiger partial charge on any atom is 0.478 e. The van der Waals surface area contributed by atoms with Crippen molar-refractivity contribution in [2.24, 2.45) is 0 Å². The molecule has 6 fully saturated rings. The summed E-state index contributed by atoms with van der Waals surface area (Å²) < 4.78 is 146. The van der Waals surface area contributed by atoms with E-state index in [0.29, 0.717) is 24.2 Å². The Balaban J connectivity index is 1.37. The number of carbonyl (C=O) groups is 4. The van der Waals surface area contributed by atoms with Crippen molar-refractivity contribution in [3.8, 4) is 0 Å². The molecule has 80 heavy (non-hydrogen) atoms. The summed E-state index contributed by atoms with van der Waals surface area (Å²) in [6, 6.07) is 2.72. The highest BCUT2D eigenvalue weighted by Gasteiger charge is 2.84. The number of rotatable bonds is 36. The molecule has 0 spiro atoms. The molecule has 0 aromatic heterocycles. The van der Waals surface area contributed by atoms with Crippen LogP contribution in [0.15, 0.2) is 45.6 Å². The monoisotopic (exact) mass is 1390 g/mol. The Labute approximate surface area is 486 Å². The minimum absolute atomic E-state index is 0.0433. The van der Waals surface area contributed by atoms with Gasteiger partial charge in [-0.15, -0.1) is 0 Å². The van der Waals surface area contributed by atoms with Crippen molar-refractivity contribution >= 4 is 161 Å². The number of carbonyl (C=O) groups excluding carboxylic acids is 4. The van der Waals surface area contributed by atoms with E-state index in [4.69, 9.17) is 84.8 Å². The lowest BCUT2D eigenvalue weighted by atomic mass is 10.9. The van der Waals surface area contributed by atoms with Gasteiger partial charge in [-0.25, -0.2) is 0 Å². The molecule has 10 aliphatic rings. The maximum atomic E-state index is 13.1. The summed E-state index contributed by atoms with van der Waals surface area (Å²) in [5.41, 5.74) is 15.7. The summed E-state index contributed by atoms with van der Waals surface area (Å²) in [7, 11) is -47.6. The van der Waals surface area contributed by atoms with Gasteiger partial charge < -0.3 is 104 Å². The van der Waals surface area contributed by atoms with Crippen molar-refractivity contribution < 1.29 is 104 Å². The van der Waals surface area contributed by atoms with Gasteiger partial charge in [0.1, 0.15) is 23.6 Å². The molecule has 0 N–H and O–H groups in total. The van der Waals surface area contributed by atoms with E-state index in [1.807, 2.05) is 71.8 Å². The van der Waals surface area contributed by atoms with Crippen molar-refractivity contribution in [3.63, 3.8) is 0 Å². The van der Waals surface area contributed by atoms with Crippen molar-refractivity contribution in [2.45, 2.75) is 123 Å². The van der Waals surface area contributed by atoms with Crippen LogP contribution in [-0.2, 0) is 104 Å². The highest BCUT2D eigenvalue weighted by Crippen LogP contribution is 2.57. The van der Waals surface area contributed by atoms with Crippen LogP contribution in [0, 0.1) is 0 Å². The Morgan fingerprint density at radius 1 is 0.263 bits per heavy atom. The third-order valence-electron chi connectivity index (χ3n) is 17.4. The molecule has 10 heterocycles. The van der Waals surface area contributed by atoms with Crippen LogP contribution >= 0.6 is 0 Å². The van der Waals surface area contributed by atoms with E-state index in [1.54, 1.807) is 56.9 Å². The Hall–Kier alpha value is 0.310. The first-order chi connectivity index (χ1) is 37.7. The predicted octanol–water partition coefficient (Wildman–Crippen LogP) is 4.70. The first-order valence-corrected chi connectivity index (χ1v) is 62.5. The first kappa shape index (κ1) is 64.8. The Morgan fingerprint density at radius 2 is 0.400 bits per heavy atom. The van der Waals surface area contributed by atoms with Crippen LogP contribution in [0.2, 0.25) is 123 Å². The molecule has 0 aromatic rings. The molecule has 8 bridgehead atoms. The highest BCUT2D eigenvalue weighted by atomic mass is 28.6. The lowest BCUT2D eigenvalue weighted by molar-refractivity contribution is -0.0292. The fourth-order valence-corrected chi connectivity index (χ4v) is 88.1. The molecule has 10 rings (SSSR count). The van der Waals surface area contributed by atoms with Crippen molar-refractivity contribution in [2.75, 3.05) is 56.9 Å². The molecule has 0 saturated carbocycles. The normalized spacial score (nSPS) is 36.1. The van der Waals surface area contributed by atoms with Gasteiger partial charge in [-0.05, 0) is 74.5 Å². The Bertz CT molecular complexity index is 2090. The molecule has 10 aliphatic heterocycles. The van der Waals surface area contributed by atoms with E-state index in [0.717, 1.165) is 23.6 Å². The standard InChI is InChI=1S/C40H80O24Si16/c1-45-65(9,46-2)13-29-73-53-74(30-14-66(10,47-3)48-4)55-76(32-16-68(12,51-7)52-8)56-75(54-73,31-15-67(11,49-5)50-6)59-79(35-27-71(39-43)21-22-71)62-77(57-73,33-25-69(37-41)17-18-69)61-78(58-74,34-26-70(38-42)19-20-70)63-80(60-76,64-79)36-28-72(40-44)23-24-72/h17-24,37-40H,13-16,25-36H2,1-12H3. The molecule has 0 aliphatic carbocycles. The van der Waals surface area contributed by atoms with Crippen LogP contribution in [0.5, 0.6) is 0 Å². The second-order valence-electron chi connectivity index (χ2n) is 23.1. The topological polar surface area (TPSA) is 253 Å². The predicted molar refractivity (Wildman–Crippen MR) is 325 cm³/mol. The van der Waals surface area contributed by atoms with Gasteiger partial charge in [0.25, 0.3) is 0 Å². The van der Waals surface area contributed by atoms with Crippen LogP contribution in [0.1, 0.15) is 0 Å². The molecule has 24 nitrogen and oxygen atoms in total. The van der Waals surface area contributed by atoms with E-state index in [2.05, 4.69) is 0 Å². The summed E-state index contributed by atoms with van der Waals surface area (Å²) in [5, 5.41) is 0. The molecule has 40 heteroatoms. The van der Waals surface area contributed by atoms with Crippen LogP contribution in [-0.4, -0.2) is 217 Å². The summed E-state index contributed by atoms with van der Waals surface area (Å²) in [6.45, 7) is 7.75. The van der Waals surface area contributed by atoms with Crippen LogP contribution in [0.3, 0.4) is 0 Å². The fourth-order valence-electron chi connectivity index (χ4n) is 10.4. The van der Waals surface area contributed by atoms with E-state index >= 15 is 0 Å². The van der Waals surface area contributed by atoms with Crippen molar-refractivity contribution in [1.29, 1.82) is 0 Å². The third-order valence-corrected chi connectivity index (χ3v) is 80.7. The highest BCUT2D eigenvalue weighted by molar-refractivity contribution is 7.18. The lowest BCUT2D eigenvalue weighted by Gasteiger charge is -2.63. The molecule has 448 valence electrons. The van der Waals surface area contributed by atoms with Gasteiger partial charge in [-0.2, -0.15) is 0 Å². The van der Waals surface area contributed by atoms with Gasteiger partial charge in [0.15, 0.2) is 32.3 Å². The molecule has 0 unspecified atom stereocenters. The van der Waals surface area contributed by atoms with E-state index in [-0.39, 0.29) is 72.5 Å². The summed E-state index contributed by atoms with van der Waals surface area (Å²) in [5.74, 6) is 4.10. The zero-order valence-corrected chi connectivity index (χ0v) is 64.0. The van der Waals surface area contributed by atoms with Gasteiger partial charge in [-0.3, -0.25) is 0 Å². The molecule has 0 amide bonds. The quantitative estimate of drug-likeness (QED) is 0.0609. The average Bonchev–Trinajstić information content (AvgIpc) is 4.30. The van der Waals surface area contributed by atoms with E-state index in [1.165, 1.54) is 0 Å². The van der Waals surface area contributed by atoms with E-state index in [9.17, 15) is 19.2 Å². The zero-order valence-electron chi connectivity index (χ0n) is 48.0. The summed E-state index contributed by atoms with van der Waals surface area (Å²) in [6.07, 6.45) is 0. The molecule has 0 aromatic carbocycles. The van der Waals surface area contributed by atoms with Gasteiger partial charge >= 0.3 is 105 Å². The van der Waals surface area contributed by atoms with E-state index < -0.39 is 137 Å². The Morgan fingerprint density at radius 3 is 0.512 bits per heavy atom. The SMILES string of the molecule is CO[Si](C)(CC[Si]12O[Si]3(CC[Si]4(C=O)C=C4)O[Si]4(CC[Si]5(C=O)C=C5)O[Si]5(CC[Si]6(C=O)C=C6)O[Si](CC[Si]6(C=O)C=C6)(O3)O[Si](CC[Si](C)(OC)OC)(O1)O[Si](CC[Si](C)(OC)OC)(O5)O[Si](CC[Si](C)(OC)OC)(O4)O2)OC. The molecular weight excluding hydrogens is 1310 g/mol. The minimum atomic E-state index is -4.68. The number of hydrogen-bond donors (Lipinski definition) is 0. The minimum Gasteiger partial charge on any atom is -0.398 e. The van der Waals surface area contributed by atoms with Crippen molar-refractivity contribution in [1.82, 2.24) is 0 Å². The fraction of sp³-hybridized carbons (Fsp3) is 0.700. The average molecular weight is 1390 g/mol. The summed E-state index contributed by atoms with van der Waals surface area (Å²) in [4.78, 5) is 52.4. The third kappa shape index (κ3) is 13.8. The summed E-state index contributed by atoms with van der Waals surface area (Å²) >= 11 is 0. The smallest absolute Gasteiger partial charge is 0.398 e. The lowest BCUT2D eigenvalue weighted by Crippen LogP contribution is -2.88. The molecular formula is C40H80O24Si16.